The second-order valence-electron chi connectivity index (χ2n) is 5.61. The zero-order chi connectivity index (χ0) is 18.3. The fraction of sp³-hybridized carbons (Fsp3) is 0.562. The van der Waals surface area contributed by atoms with Crippen molar-refractivity contribution in [3.8, 4) is 0 Å². The number of amides is 1. The van der Waals surface area contributed by atoms with Crippen molar-refractivity contribution in [1.82, 2.24) is 9.79 Å². The Labute approximate surface area is 149 Å². The Bertz CT molecular complexity index is 664. The Morgan fingerprint density at radius 1 is 1.38 bits per heavy atom. The maximum Gasteiger partial charge on any atom is 0.266 e. The van der Waals surface area contributed by atoms with Crippen LogP contribution in [0.15, 0.2) is 23.1 Å². The van der Waals surface area contributed by atoms with Crippen molar-refractivity contribution < 1.29 is 18.0 Å². The van der Waals surface area contributed by atoms with Gasteiger partial charge in [-0.2, -0.15) is 0 Å². The molecule has 1 rings (SSSR count). The summed E-state index contributed by atoms with van der Waals surface area (Å²) in [5.74, 6) is -0.327. The lowest BCUT2D eigenvalue weighted by molar-refractivity contribution is -0.0258. The normalized spacial score (nSPS) is 13.1. The summed E-state index contributed by atoms with van der Waals surface area (Å²) >= 11 is 5.98. The highest BCUT2D eigenvalue weighted by molar-refractivity contribution is 7.89. The monoisotopic (exact) mass is 376 g/mol. The van der Waals surface area contributed by atoms with Gasteiger partial charge in [-0.1, -0.05) is 42.3 Å². The molecule has 0 aromatic heterocycles. The van der Waals surface area contributed by atoms with Crippen LogP contribution in [-0.2, 0) is 14.9 Å². The van der Waals surface area contributed by atoms with Crippen molar-refractivity contribution in [1.29, 1.82) is 0 Å². The van der Waals surface area contributed by atoms with E-state index in [-0.39, 0.29) is 27.4 Å². The lowest BCUT2D eigenvalue weighted by Crippen LogP contribution is -2.33. The number of nitrogens with one attached hydrogen (secondary N) is 1. The maximum atomic E-state index is 12.3. The van der Waals surface area contributed by atoms with E-state index in [0.717, 1.165) is 25.7 Å². The van der Waals surface area contributed by atoms with E-state index in [2.05, 4.69) is 12.2 Å². The molecule has 0 unspecified atom stereocenters. The lowest BCUT2D eigenvalue weighted by atomic mass is 10.1. The number of benzene rings is 1. The molecule has 1 atom stereocenters. The molecular weight excluding hydrogens is 352 g/mol. The molecule has 0 fully saturated rings. The summed E-state index contributed by atoms with van der Waals surface area (Å²) in [5, 5.41) is 2.91. The molecule has 6 nitrogen and oxygen atoms in total. The number of halogens is 1. The summed E-state index contributed by atoms with van der Waals surface area (Å²) in [7, 11) is -1.43. The number of sulfonamides is 1. The molecule has 0 spiro atoms. The van der Waals surface area contributed by atoms with Crippen molar-refractivity contribution in [2.24, 2.45) is 0 Å². The molecule has 0 radical (unpaired) electrons. The number of nitrogens with zero attached hydrogens (tertiary/aromatic N) is 1. The van der Waals surface area contributed by atoms with Gasteiger partial charge in [-0.25, -0.2) is 8.42 Å². The van der Waals surface area contributed by atoms with E-state index in [4.69, 9.17) is 16.4 Å². The fourth-order valence-corrected chi connectivity index (χ4v) is 3.63. The Hall–Kier alpha value is -1.15. The molecule has 0 heterocycles. The summed E-state index contributed by atoms with van der Waals surface area (Å²) in [5.41, 5.74) is 0.241. The SMILES string of the molecule is CCCCC[C@H](C)NC(=O)c1ccc(Cl)c(S(=O)(=O)N(C)OC)c1. The highest BCUT2D eigenvalue weighted by Gasteiger charge is 2.25. The van der Waals surface area contributed by atoms with E-state index in [9.17, 15) is 13.2 Å². The molecule has 0 bridgehead atoms. The van der Waals surface area contributed by atoms with Crippen molar-refractivity contribution in [3.05, 3.63) is 28.8 Å². The van der Waals surface area contributed by atoms with E-state index in [1.807, 2.05) is 6.92 Å². The zero-order valence-electron chi connectivity index (χ0n) is 14.5. The van der Waals surface area contributed by atoms with Crippen LogP contribution < -0.4 is 5.32 Å². The minimum absolute atomic E-state index is 0.0152. The van der Waals surface area contributed by atoms with Crippen LogP contribution in [-0.4, -0.2) is 39.0 Å². The van der Waals surface area contributed by atoms with Crippen LogP contribution in [0.25, 0.3) is 0 Å². The van der Waals surface area contributed by atoms with Crippen molar-refractivity contribution in [3.63, 3.8) is 0 Å². The molecule has 1 amide bonds. The van der Waals surface area contributed by atoms with Gasteiger partial charge < -0.3 is 5.32 Å². The van der Waals surface area contributed by atoms with Gasteiger partial charge in [0.25, 0.3) is 15.9 Å². The molecule has 8 heteroatoms. The molecule has 0 aliphatic rings. The zero-order valence-corrected chi connectivity index (χ0v) is 16.1. The summed E-state index contributed by atoms with van der Waals surface area (Å²) in [4.78, 5) is 16.9. The molecule has 0 saturated heterocycles. The summed E-state index contributed by atoms with van der Waals surface area (Å²) in [6.45, 7) is 4.05. The van der Waals surface area contributed by atoms with E-state index in [1.165, 1.54) is 32.4 Å². The third-order valence-corrected chi connectivity index (χ3v) is 5.85. The maximum absolute atomic E-state index is 12.3. The van der Waals surface area contributed by atoms with Gasteiger partial charge in [0.2, 0.25) is 0 Å². The van der Waals surface area contributed by atoms with Gasteiger partial charge in [-0.05, 0) is 31.5 Å². The molecular formula is C16H25ClN2O4S. The smallest absolute Gasteiger partial charge is 0.266 e. The number of carbonyl (C=O) groups excluding carboxylic acids is 1. The Balaban J connectivity index is 2.95. The average Bonchev–Trinajstić information content (AvgIpc) is 2.54. The Morgan fingerprint density at radius 2 is 2.04 bits per heavy atom. The molecule has 136 valence electrons. The second-order valence-corrected chi connectivity index (χ2v) is 7.92. The predicted molar refractivity (Wildman–Crippen MR) is 94.5 cm³/mol. The van der Waals surface area contributed by atoms with Crippen LogP contribution in [0.5, 0.6) is 0 Å². The molecule has 0 aliphatic carbocycles. The first kappa shape index (κ1) is 20.9. The van der Waals surface area contributed by atoms with Gasteiger partial charge in [0.15, 0.2) is 0 Å². The van der Waals surface area contributed by atoms with Gasteiger partial charge in [0.1, 0.15) is 4.90 Å². The number of unbranched alkanes of at least 4 members (excludes halogenated alkanes) is 2. The van der Waals surface area contributed by atoms with Crippen LogP contribution >= 0.6 is 11.6 Å². The highest BCUT2D eigenvalue weighted by Crippen LogP contribution is 2.25. The average molecular weight is 377 g/mol. The van der Waals surface area contributed by atoms with Gasteiger partial charge >= 0.3 is 0 Å². The molecule has 1 N–H and O–H groups in total. The van der Waals surface area contributed by atoms with Gasteiger partial charge in [0.05, 0.1) is 12.1 Å². The van der Waals surface area contributed by atoms with E-state index in [0.29, 0.717) is 4.47 Å². The number of hydroxylamine groups is 1. The molecule has 24 heavy (non-hydrogen) atoms. The highest BCUT2D eigenvalue weighted by atomic mass is 35.5. The second kappa shape index (κ2) is 9.36. The van der Waals surface area contributed by atoms with Gasteiger partial charge in [0, 0.05) is 18.7 Å². The molecule has 0 saturated carbocycles. The topological polar surface area (TPSA) is 75.7 Å². The van der Waals surface area contributed by atoms with Crippen molar-refractivity contribution >= 4 is 27.5 Å². The third-order valence-electron chi connectivity index (χ3n) is 3.69. The summed E-state index contributed by atoms with van der Waals surface area (Å²) in [6.07, 6.45) is 4.15. The van der Waals surface area contributed by atoms with Crippen LogP contribution in [0.1, 0.15) is 49.9 Å². The van der Waals surface area contributed by atoms with E-state index < -0.39 is 10.0 Å². The first-order chi connectivity index (χ1) is 11.2. The molecule has 1 aromatic carbocycles. The first-order valence-electron chi connectivity index (χ1n) is 7.87. The lowest BCUT2D eigenvalue weighted by Gasteiger charge is -2.17. The molecule has 0 aliphatic heterocycles. The summed E-state index contributed by atoms with van der Waals surface area (Å²) < 4.78 is 25.4. The standard InChI is InChI=1S/C16H25ClN2O4S/c1-5-6-7-8-12(2)18-16(20)13-9-10-14(17)15(11-13)24(21,22)19(3)23-4/h9-12H,5-8H2,1-4H3,(H,18,20)/t12-/m0/s1. The Morgan fingerprint density at radius 3 is 2.62 bits per heavy atom. The minimum Gasteiger partial charge on any atom is -0.350 e. The van der Waals surface area contributed by atoms with Crippen LogP contribution in [0.3, 0.4) is 0 Å². The van der Waals surface area contributed by atoms with Crippen LogP contribution in [0.2, 0.25) is 5.02 Å². The van der Waals surface area contributed by atoms with Crippen LogP contribution in [0.4, 0.5) is 0 Å². The van der Waals surface area contributed by atoms with E-state index in [1.54, 1.807) is 0 Å². The fourth-order valence-electron chi connectivity index (χ4n) is 2.16. The van der Waals surface area contributed by atoms with Crippen molar-refractivity contribution in [2.45, 2.75) is 50.5 Å². The first-order valence-corrected chi connectivity index (χ1v) is 9.69. The predicted octanol–water partition coefficient (Wildman–Crippen LogP) is 3.22. The van der Waals surface area contributed by atoms with Crippen molar-refractivity contribution in [2.75, 3.05) is 14.2 Å². The number of hydrogen-bond donors (Lipinski definition) is 1. The van der Waals surface area contributed by atoms with E-state index >= 15 is 0 Å². The number of carbonyl (C=O) groups is 1. The molecule has 1 aromatic rings. The van der Waals surface area contributed by atoms with Gasteiger partial charge in [-0.3, -0.25) is 9.63 Å². The third kappa shape index (κ3) is 5.44. The van der Waals surface area contributed by atoms with Gasteiger partial charge in [-0.15, -0.1) is 0 Å². The number of hydrogen-bond acceptors (Lipinski definition) is 4. The Kier molecular flexibility index (Phi) is 8.15. The summed E-state index contributed by atoms with van der Waals surface area (Å²) in [6, 6.07) is 4.18. The largest absolute Gasteiger partial charge is 0.350 e. The number of rotatable bonds is 9. The quantitative estimate of drug-likeness (QED) is 0.530. The minimum atomic E-state index is -3.92. The van der Waals surface area contributed by atoms with Crippen LogP contribution in [0, 0.1) is 0 Å².